The quantitative estimate of drug-likeness (QED) is 0.651. The maximum Gasteiger partial charge on any atom is 0.275 e. The predicted molar refractivity (Wildman–Crippen MR) is 46.5 cm³/mol. The van der Waals surface area contributed by atoms with Crippen molar-refractivity contribution in [3.63, 3.8) is 0 Å². The SMILES string of the molecule is CCc1cc(=O)n2ncsc2n1. The van der Waals surface area contributed by atoms with E-state index in [1.165, 1.54) is 21.9 Å². The zero-order valence-corrected chi connectivity index (χ0v) is 7.34. The Hall–Kier alpha value is -1.23. The molecule has 0 aliphatic rings. The van der Waals surface area contributed by atoms with Crippen molar-refractivity contribution in [2.24, 2.45) is 0 Å². The van der Waals surface area contributed by atoms with Crippen LogP contribution in [0.5, 0.6) is 0 Å². The summed E-state index contributed by atoms with van der Waals surface area (Å²) in [6.07, 6.45) is 0.781. The Morgan fingerprint density at radius 2 is 2.50 bits per heavy atom. The number of aryl methyl sites for hydroxylation is 1. The maximum atomic E-state index is 11.3. The highest BCUT2D eigenvalue weighted by atomic mass is 32.1. The highest BCUT2D eigenvalue weighted by molar-refractivity contribution is 7.14. The average molecular weight is 181 g/mol. The van der Waals surface area contributed by atoms with Crippen LogP contribution in [-0.2, 0) is 6.42 Å². The van der Waals surface area contributed by atoms with Gasteiger partial charge in [0.15, 0.2) is 0 Å². The van der Waals surface area contributed by atoms with Crippen molar-refractivity contribution in [2.75, 3.05) is 0 Å². The molecule has 0 radical (unpaired) electrons. The van der Waals surface area contributed by atoms with Crippen molar-refractivity contribution in [3.8, 4) is 0 Å². The third-order valence-electron chi connectivity index (χ3n) is 1.60. The van der Waals surface area contributed by atoms with Crippen molar-refractivity contribution in [1.82, 2.24) is 14.6 Å². The Bertz CT molecular complexity index is 459. The van der Waals surface area contributed by atoms with Crippen LogP contribution in [0.2, 0.25) is 0 Å². The molecule has 62 valence electrons. The Morgan fingerprint density at radius 3 is 3.25 bits per heavy atom. The van der Waals surface area contributed by atoms with Crippen LogP contribution in [-0.4, -0.2) is 14.6 Å². The smallest absolute Gasteiger partial charge is 0.267 e. The van der Waals surface area contributed by atoms with Crippen molar-refractivity contribution in [1.29, 1.82) is 0 Å². The van der Waals surface area contributed by atoms with Gasteiger partial charge in [0, 0.05) is 11.8 Å². The molecular formula is C7H7N3OS. The van der Waals surface area contributed by atoms with Crippen LogP contribution >= 0.6 is 11.3 Å². The first kappa shape index (κ1) is 7.42. The molecule has 2 heterocycles. The molecule has 4 nitrogen and oxygen atoms in total. The summed E-state index contributed by atoms with van der Waals surface area (Å²) in [6, 6.07) is 1.52. The van der Waals surface area contributed by atoms with E-state index in [1.54, 1.807) is 5.51 Å². The highest BCUT2D eigenvalue weighted by Gasteiger charge is 2.01. The summed E-state index contributed by atoms with van der Waals surface area (Å²) in [5.41, 5.74) is 2.34. The van der Waals surface area contributed by atoms with Crippen LogP contribution in [0, 0.1) is 0 Å². The van der Waals surface area contributed by atoms with Crippen LogP contribution < -0.4 is 5.56 Å². The fraction of sp³-hybridized carbons (Fsp3) is 0.286. The molecule has 2 rings (SSSR count). The normalized spacial score (nSPS) is 10.8. The van der Waals surface area contributed by atoms with E-state index in [0.717, 1.165) is 12.1 Å². The first-order chi connectivity index (χ1) is 5.81. The second kappa shape index (κ2) is 2.67. The van der Waals surface area contributed by atoms with Crippen molar-refractivity contribution in [2.45, 2.75) is 13.3 Å². The molecule has 0 atom stereocenters. The molecule has 0 N–H and O–H groups in total. The second-order valence-electron chi connectivity index (χ2n) is 2.37. The van der Waals surface area contributed by atoms with Gasteiger partial charge in [-0.15, -0.1) is 0 Å². The van der Waals surface area contributed by atoms with Crippen molar-refractivity contribution in [3.05, 3.63) is 27.6 Å². The van der Waals surface area contributed by atoms with Gasteiger partial charge < -0.3 is 0 Å². The van der Waals surface area contributed by atoms with E-state index in [9.17, 15) is 4.79 Å². The van der Waals surface area contributed by atoms with E-state index < -0.39 is 0 Å². The van der Waals surface area contributed by atoms with Gasteiger partial charge in [0.2, 0.25) is 4.96 Å². The van der Waals surface area contributed by atoms with Gasteiger partial charge in [-0.25, -0.2) is 4.98 Å². The topological polar surface area (TPSA) is 47.3 Å². The van der Waals surface area contributed by atoms with Gasteiger partial charge in [0.05, 0.1) is 0 Å². The van der Waals surface area contributed by atoms with Crippen LogP contribution in [0.4, 0.5) is 0 Å². The summed E-state index contributed by atoms with van der Waals surface area (Å²) in [5, 5.41) is 3.85. The number of fused-ring (bicyclic) bond motifs is 1. The van der Waals surface area contributed by atoms with Gasteiger partial charge >= 0.3 is 0 Å². The molecular weight excluding hydrogens is 174 g/mol. The zero-order chi connectivity index (χ0) is 8.55. The number of aromatic nitrogens is 3. The minimum Gasteiger partial charge on any atom is -0.267 e. The third-order valence-corrected chi connectivity index (χ3v) is 2.28. The number of hydrogen-bond donors (Lipinski definition) is 0. The lowest BCUT2D eigenvalue weighted by molar-refractivity contribution is 0.876. The molecule has 0 spiro atoms. The number of nitrogens with zero attached hydrogens (tertiary/aromatic N) is 3. The molecule has 0 aliphatic carbocycles. The van der Waals surface area contributed by atoms with Crippen LogP contribution in [0.3, 0.4) is 0 Å². The summed E-state index contributed by atoms with van der Waals surface area (Å²) in [7, 11) is 0. The fourth-order valence-electron chi connectivity index (χ4n) is 0.982. The minimum atomic E-state index is -0.0990. The van der Waals surface area contributed by atoms with Gasteiger partial charge in [-0.1, -0.05) is 18.3 Å². The third kappa shape index (κ3) is 1.02. The Balaban J connectivity index is 2.84. The van der Waals surface area contributed by atoms with E-state index in [0.29, 0.717) is 4.96 Å². The lowest BCUT2D eigenvalue weighted by atomic mass is 10.3. The lowest BCUT2D eigenvalue weighted by Gasteiger charge is -1.93. The largest absolute Gasteiger partial charge is 0.275 e. The van der Waals surface area contributed by atoms with Crippen LogP contribution in [0.1, 0.15) is 12.6 Å². The fourth-order valence-corrected chi connectivity index (χ4v) is 1.62. The Morgan fingerprint density at radius 1 is 1.67 bits per heavy atom. The van der Waals surface area contributed by atoms with E-state index >= 15 is 0 Å². The molecule has 2 aromatic rings. The predicted octanol–water partition coefficient (Wildman–Crippen LogP) is 0.713. The average Bonchev–Trinajstić information content (AvgIpc) is 2.52. The monoisotopic (exact) mass is 181 g/mol. The molecule has 0 saturated heterocycles. The van der Waals surface area contributed by atoms with E-state index in [-0.39, 0.29) is 5.56 Å². The summed E-state index contributed by atoms with van der Waals surface area (Å²) in [6.45, 7) is 1.97. The van der Waals surface area contributed by atoms with Crippen molar-refractivity contribution >= 4 is 16.3 Å². The molecule has 0 saturated carbocycles. The number of rotatable bonds is 1. The molecule has 0 bridgehead atoms. The van der Waals surface area contributed by atoms with Crippen LogP contribution in [0.25, 0.3) is 4.96 Å². The summed E-state index contributed by atoms with van der Waals surface area (Å²) < 4.78 is 1.31. The minimum absolute atomic E-state index is 0.0990. The molecule has 5 heteroatoms. The highest BCUT2D eigenvalue weighted by Crippen LogP contribution is 2.03. The van der Waals surface area contributed by atoms with E-state index in [1.807, 2.05) is 6.92 Å². The molecule has 0 aromatic carbocycles. The van der Waals surface area contributed by atoms with E-state index in [4.69, 9.17) is 0 Å². The standard InChI is InChI=1S/C7H7N3OS/c1-2-5-3-6(11)10-7(9-5)12-4-8-10/h3-4H,2H2,1H3. The second-order valence-corrected chi connectivity index (χ2v) is 3.18. The molecule has 0 amide bonds. The summed E-state index contributed by atoms with van der Waals surface area (Å²) in [4.78, 5) is 16.2. The molecule has 2 aromatic heterocycles. The first-order valence-electron chi connectivity index (χ1n) is 3.63. The molecule has 0 aliphatic heterocycles. The van der Waals surface area contributed by atoms with Gasteiger partial charge in [-0.05, 0) is 6.42 Å². The molecule has 12 heavy (non-hydrogen) atoms. The maximum absolute atomic E-state index is 11.3. The van der Waals surface area contributed by atoms with E-state index in [2.05, 4.69) is 10.1 Å². The molecule has 0 fully saturated rings. The number of hydrogen-bond acceptors (Lipinski definition) is 4. The molecule has 0 unspecified atom stereocenters. The van der Waals surface area contributed by atoms with Crippen molar-refractivity contribution < 1.29 is 0 Å². The Labute approximate surface area is 72.5 Å². The van der Waals surface area contributed by atoms with Gasteiger partial charge in [-0.3, -0.25) is 4.79 Å². The summed E-state index contributed by atoms with van der Waals surface area (Å²) >= 11 is 1.37. The summed E-state index contributed by atoms with van der Waals surface area (Å²) in [5.74, 6) is 0. The van der Waals surface area contributed by atoms with Gasteiger partial charge in [0.25, 0.3) is 5.56 Å². The Kier molecular flexibility index (Phi) is 1.65. The lowest BCUT2D eigenvalue weighted by Crippen LogP contribution is -2.14. The van der Waals surface area contributed by atoms with Gasteiger partial charge in [0.1, 0.15) is 5.51 Å². The zero-order valence-electron chi connectivity index (χ0n) is 6.52. The van der Waals surface area contributed by atoms with Gasteiger partial charge in [-0.2, -0.15) is 9.61 Å². The first-order valence-corrected chi connectivity index (χ1v) is 4.51. The van der Waals surface area contributed by atoms with Crippen LogP contribution in [0.15, 0.2) is 16.4 Å².